The molecule has 0 bridgehead atoms. The maximum atomic E-state index is 13.9. The van der Waals surface area contributed by atoms with Gasteiger partial charge in [0.05, 0.1) is 21.8 Å². The van der Waals surface area contributed by atoms with E-state index in [1.165, 1.54) is 12.3 Å². The Morgan fingerprint density at radius 3 is 2.48 bits per heavy atom. The quantitative estimate of drug-likeness (QED) is 0.258. The van der Waals surface area contributed by atoms with Gasteiger partial charge in [-0.25, -0.2) is 28.1 Å². The Morgan fingerprint density at radius 2 is 1.77 bits per heavy atom. The van der Waals surface area contributed by atoms with Gasteiger partial charge in [-0.3, -0.25) is 4.79 Å². The topological polar surface area (TPSA) is 55.7 Å². The third-order valence-corrected chi connectivity index (χ3v) is 5.68. The van der Waals surface area contributed by atoms with Crippen molar-refractivity contribution >= 4 is 28.7 Å². The molecule has 4 rings (SSSR count). The van der Waals surface area contributed by atoms with Crippen LogP contribution >= 0.6 is 22.9 Å². The molecule has 0 fully saturated rings. The number of benzene rings is 2. The lowest BCUT2D eigenvalue weighted by molar-refractivity contribution is 0.0985. The number of alkyl halides is 1. The van der Waals surface area contributed by atoms with E-state index in [0.717, 1.165) is 23.5 Å². The van der Waals surface area contributed by atoms with Gasteiger partial charge in [0.2, 0.25) is 5.28 Å². The van der Waals surface area contributed by atoms with E-state index in [-0.39, 0.29) is 16.7 Å². The van der Waals surface area contributed by atoms with Crippen molar-refractivity contribution in [3.05, 3.63) is 87.8 Å². The van der Waals surface area contributed by atoms with Crippen molar-refractivity contribution in [2.24, 2.45) is 0 Å². The fourth-order valence-corrected chi connectivity index (χ4v) is 4.17. The standard InChI is InChI=1S/C22H13ClF3N3OS/c23-22-27-8-7-16(28-22)21-20(29-18(11-24)31-21)13-4-1-3-12(9-13)10-17(30)19-14(25)5-2-6-15(19)26/h1-9H,10-11H2. The first kappa shape index (κ1) is 21.1. The number of carbonyl (C=O) groups is 1. The van der Waals surface area contributed by atoms with Crippen molar-refractivity contribution < 1.29 is 18.0 Å². The number of nitrogens with zero attached hydrogens (tertiary/aromatic N) is 3. The Balaban J connectivity index is 1.71. The normalized spacial score (nSPS) is 11.0. The predicted octanol–water partition coefficient (Wildman–Crippen LogP) is 6.09. The molecule has 2 aromatic heterocycles. The number of hydrogen-bond acceptors (Lipinski definition) is 5. The SMILES string of the molecule is O=C(Cc1cccc(-c2nc(CF)sc2-c2ccnc(Cl)n2)c1)c1c(F)cccc1F. The number of Topliss-reactive ketones (excluding diaryl/α,β-unsaturated/α-hetero) is 1. The molecule has 156 valence electrons. The van der Waals surface area contributed by atoms with E-state index in [4.69, 9.17) is 11.6 Å². The highest BCUT2D eigenvalue weighted by Crippen LogP contribution is 2.37. The fraction of sp³-hybridized carbons (Fsp3) is 0.0909. The van der Waals surface area contributed by atoms with Crippen LogP contribution in [0.4, 0.5) is 13.2 Å². The lowest BCUT2D eigenvalue weighted by Crippen LogP contribution is -2.09. The fourth-order valence-electron chi connectivity index (χ4n) is 3.12. The van der Waals surface area contributed by atoms with E-state index in [2.05, 4.69) is 15.0 Å². The molecule has 0 N–H and O–H groups in total. The molecule has 0 unspecified atom stereocenters. The summed E-state index contributed by atoms with van der Waals surface area (Å²) in [5.74, 6) is -2.49. The summed E-state index contributed by atoms with van der Waals surface area (Å²) < 4.78 is 41.2. The van der Waals surface area contributed by atoms with E-state index in [9.17, 15) is 18.0 Å². The largest absolute Gasteiger partial charge is 0.294 e. The van der Waals surface area contributed by atoms with Gasteiger partial charge in [-0.15, -0.1) is 11.3 Å². The molecule has 0 saturated carbocycles. The Hall–Kier alpha value is -3.10. The van der Waals surface area contributed by atoms with Crippen molar-refractivity contribution in [1.82, 2.24) is 15.0 Å². The Bertz CT molecular complexity index is 1260. The molecule has 0 radical (unpaired) electrons. The van der Waals surface area contributed by atoms with Crippen molar-refractivity contribution in [3.63, 3.8) is 0 Å². The van der Waals surface area contributed by atoms with E-state index in [0.29, 0.717) is 27.4 Å². The second-order valence-electron chi connectivity index (χ2n) is 6.53. The van der Waals surface area contributed by atoms with Crippen LogP contribution in [0.15, 0.2) is 54.7 Å². The maximum Gasteiger partial charge on any atom is 0.222 e. The van der Waals surface area contributed by atoms with Gasteiger partial charge in [-0.2, -0.15) is 0 Å². The summed E-state index contributed by atoms with van der Waals surface area (Å²) in [4.78, 5) is 25.5. The summed E-state index contributed by atoms with van der Waals surface area (Å²) in [6, 6.07) is 11.7. The van der Waals surface area contributed by atoms with Gasteiger partial charge >= 0.3 is 0 Å². The average molecular weight is 460 g/mol. The zero-order valence-electron chi connectivity index (χ0n) is 15.8. The molecule has 31 heavy (non-hydrogen) atoms. The minimum Gasteiger partial charge on any atom is -0.294 e. The summed E-state index contributed by atoms with van der Waals surface area (Å²) in [5, 5.41) is 0.305. The molecule has 0 aliphatic heterocycles. The Labute approximate surface area is 184 Å². The lowest BCUT2D eigenvalue weighted by atomic mass is 9.99. The van der Waals surface area contributed by atoms with Gasteiger partial charge in [0, 0.05) is 18.2 Å². The van der Waals surface area contributed by atoms with Gasteiger partial charge in [0.1, 0.15) is 23.3 Å². The number of hydrogen-bond donors (Lipinski definition) is 0. The number of thiazole rings is 1. The second-order valence-corrected chi connectivity index (χ2v) is 7.95. The molecular formula is C22H13ClF3N3OS. The van der Waals surface area contributed by atoms with E-state index < -0.39 is 29.7 Å². The van der Waals surface area contributed by atoms with E-state index >= 15 is 0 Å². The Kier molecular flexibility index (Phi) is 6.11. The predicted molar refractivity (Wildman–Crippen MR) is 113 cm³/mol. The molecule has 0 atom stereocenters. The molecule has 4 aromatic rings. The van der Waals surface area contributed by atoms with E-state index in [1.807, 2.05) is 0 Å². The van der Waals surface area contributed by atoms with Crippen molar-refractivity contribution in [2.75, 3.05) is 0 Å². The molecule has 0 aliphatic carbocycles. The van der Waals surface area contributed by atoms with Crippen LogP contribution in [0.25, 0.3) is 21.8 Å². The molecule has 2 heterocycles. The second kappa shape index (κ2) is 8.95. The number of halogens is 4. The molecular weight excluding hydrogens is 447 g/mol. The number of carbonyl (C=O) groups excluding carboxylic acids is 1. The lowest BCUT2D eigenvalue weighted by Gasteiger charge is -2.07. The van der Waals surface area contributed by atoms with Crippen LogP contribution in [0.5, 0.6) is 0 Å². The van der Waals surface area contributed by atoms with Crippen LogP contribution in [0.2, 0.25) is 5.28 Å². The average Bonchev–Trinajstić information content (AvgIpc) is 3.18. The van der Waals surface area contributed by atoms with Gasteiger partial charge in [0.25, 0.3) is 0 Å². The van der Waals surface area contributed by atoms with Gasteiger partial charge in [-0.05, 0) is 41.4 Å². The van der Waals surface area contributed by atoms with Crippen LogP contribution in [0, 0.1) is 11.6 Å². The van der Waals surface area contributed by atoms with Crippen molar-refractivity contribution in [2.45, 2.75) is 13.1 Å². The highest BCUT2D eigenvalue weighted by Gasteiger charge is 2.19. The molecule has 9 heteroatoms. The molecule has 0 spiro atoms. The molecule has 0 amide bonds. The van der Waals surface area contributed by atoms with Crippen LogP contribution < -0.4 is 0 Å². The van der Waals surface area contributed by atoms with Gasteiger partial charge in [-0.1, -0.05) is 24.3 Å². The first-order chi connectivity index (χ1) is 15.0. The van der Waals surface area contributed by atoms with Crippen molar-refractivity contribution in [3.8, 4) is 21.8 Å². The third-order valence-electron chi connectivity index (χ3n) is 4.45. The summed E-state index contributed by atoms with van der Waals surface area (Å²) in [6.45, 7) is -0.749. The highest BCUT2D eigenvalue weighted by atomic mass is 35.5. The minimum absolute atomic E-state index is 0.0462. The molecule has 0 aliphatic rings. The molecule has 0 saturated heterocycles. The smallest absolute Gasteiger partial charge is 0.222 e. The maximum absolute atomic E-state index is 13.9. The van der Waals surface area contributed by atoms with Crippen molar-refractivity contribution in [1.29, 1.82) is 0 Å². The van der Waals surface area contributed by atoms with Gasteiger partial charge in [0.15, 0.2) is 5.78 Å². The summed E-state index contributed by atoms with van der Waals surface area (Å²) >= 11 is 7.02. The van der Waals surface area contributed by atoms with E-state index in [1.54, 1.807) is 30.3 Å². The Morgan fingerprint density at radius 1 is 1.03 bits per heavy atom. The highest BCUT2D eigenvalue weighted by molar-refractivity contribution is 7.15. The van der Waals surface area contributed by atoms with Gasteiger partial charge < -0.3 is 0 Å². The molecule has 4 nitrogen and oxygen atoms in total. The number of rotatable bonds is 6. The summed E-state index contributed by atoms with van der Waals surface area (Å²) in [5.41, 5.74) is 1.53. The van der Waals surface area contributed by atoms with Crippen LogP contribution in [-0.4, -0.2) is 20.7 Å². The van der Waals surface area contributed by atoms with Crippen LogP contribution in [0.1, 0.15) is 20.9 Å². The monoisotopic (exact) mass is 459 g/mol. The number of aromatic nitrogens is 3. The third kappa shape index (κ3) is 4.50. The minimum atomic E-state index is -0.906. The van der Waals surface area contributed by atoms with Crippen LogP contribution in [-0.2, 0) is 13.1 Å². The summed E-state index contributed by atoms with van der Waals surface area (Å²) in [7, 11) is 0. The summed E-state index contributed by atoms with van der Waals surface area (Å²) in [6.07, 6.45) is 1.28. The number of ketones is 1. The first-order valence-corrected chi connectivity index (χ1v) is 10.3. The zero-order chi connectivity index (χ0) is 22.0. The molecule has 2 aromatic carbocycles. The first-order valence-electron chi connectivity index (χ1n) is 9.07. The van der Waals surface area contributed by atoms with Crippen LogP contribution in [0.3, 0.4) is 0 Å². The zero-order valence-corrected chi connectivity index (χ0v) is 17.4.